The van der Waals surface area contributed by atoms with E-state index >= 15 is 0 Å². The number of hydrogen-bond donors (Lipinski definition) is 5. The van der Waals surface area contributed by atoms with Crippen LogP contribution in [0.2, 0.25) is 0 Å². The summed E-state index contributed by atoms with van der Waals surface area (Å²) in [7, 11) is 0. The molecule has 1 aromatic carbocycles. The highest BCUT2D eigenvalue weighted by Crippen LogP contribution is 2.12. The summed E-state index contributed by atoms with van der Waals surface area (Å²) in [5.74, 6) is -1.36. The molecule has 0 saturated heterocycles. The highest BCUT2D eigenvalue weighted by Gasteiger charge is 2.36. The Labute approximate surface area is 201 Å². The molecule has 3 rings (SSSR count). The maximum absolute atomic E-state index is 12.4. The number of hydrogen-bond acceptors (Lipinski definition) is 10. The Bertz CT molecular complexity index is 1040. The molecule has 0 bridgehead atoms. The maximum Gasteiger partial charge on any atom is 0.408 e. The van der Waals surface area contributed by atoms with E-state index in [2.05, 4.69) is 31.4 Å². The number of nitrogens with zero attached hydrogens (tertiary/aromatic N) is 2. The first-order chi connectivity index (χ1) is 16.9. The van der Waals surface area contributed by atoms with Crippen molar-refractivity contribution in [2.45, 2.75) is 25.5 Å². The number of rotatable bonds is 12. The van der Waals surface area contributed by atoms with E-state index < -0.39 is 30.1 Å². The Balaban J connectivity index is 1.41. The number of benzene rings is 1. The summed E-state index contributed by atoms with van der Waals surface area (Å²) in [4.78, 5) is 40.4. The lowest BCUT2D eigenvalue weighted by molar-refractivity contribution is -0.143. The van der Waals surface area contributed by atoms with Crippen molar-refractivity contribution >= 4 is 23.9 Å². The van der Waals surface area contributed by atoms with E-state index in [0.717, 1.165) is 24.6 Å². The van der Waals surface area contributed by atoms with Gasteiger partial charge >= 0.3 is 12.1 Å². The minimum Gasteiger partial charge on any atom is -0.479 e. The van der Waals surface area contributed by atoms with E-state index in [1.165, 1.54) is 13.0 Å². The second-order valence-electron chi connectivity index (χ2n) is 7.82. The number of aliphatic imine (C=N–C) groups is 1. The second-order valence-corrected chi connectivity index (χ2v) is 7.82. The topological polar surface area (TPSA) is 176 Å². The largest absolute Gasteiger partial charge is 0.479 e. The Morgan fingerprint density at radius 3 is 2.77 bits per heavy atom. The monoisotopic (exact) mass is 488 g/mol. The summed E-state index contributed by atoms with van der Waals surface area (Å²) >= 11 is 0. The molecule has 2 heterocycles. The fraction of sp³-hybridized carbons (Fsp3) is 0.409. The molecule has 0 aliphatic carbocycles. The molecule has 0 radical (unpaired) electrons. The average molecular weight is 489 g/mol. The number of carbonyl (C=O) groups excluding carboxylic acids is 2. The molecule has 2 amide bonds. The first-order valence-electron chi connectivity index (χ1n) is 11.0. The summed E-state index contributed by atoms with van der Waals surface area (Å²) in [6.45, 7) is 3.34. The van der Waals surface area contributed by atoms with Gasteiger partial charge in [-0.3, -0.25) is 9.79 Å². The molecule has 1 aromatic heterocycles. The van der Waals surface area contributed by atoms with Crippen molar-refractivity contribution in [3.05, 3.63) is 47.7 Å². The van der Waals surface area contributed by atoms with Crippen LogP contribution in [-0.2, 0) is 16.1 Å². The molecule has 1 atom stereocenters. The van der Waals surface area contributed by atoms with Crippen LogP contribution in [0.1, 0.15) is 29.5 Å². The van der Waals surface area contributed by atoms with Crippen LogP contribution in [-0.4, -0.2) is 72.5 Å². The van der Waals surface area contributed by atoms with Crippen molar-refractivity contribution in [1.82, 2.24) is 26.4 Å². The number of carboxylic acids is 1. The highest BCUT2D eigenvalue weighted by molar-refractivity contribution is 5.92. The van der Waals surface area contributed by atoms with Crippen LogP contribution in [0.4, 0.5) is 4.79 Å². The van der Waals surface area contributed by atoms with Crippen LogP contribution in [0.5, 0.6) is 5.88 Å². The zero-order valence-corrected chi connectivity index (χ0v) is 19.2. The Kier molecular flexibility index (Phi) is 8.87. The Morgan fingerprint density at radius 2 is 2.06 bits per heavy atom. The summed E-state index contributed by atoms with van der Waals surface area (Å²) in [5.41, 5.74) is -1.08. The number of ether oxygens (including phenoxy) is 2. The number of alkyl carbamates (subject to hydrolysis) is 1. The van der Waals surface area contributed by atoms with Crippen molar-refractivity contribution < 1.29 is 33.5 Å². The van der Waals surface area contributed by atoms with Crippen LogP contribution in [0, 0.1) is 0 Å². The van der Waals surface area contributed by atoms with Crippen LogP contribution < -0.4 is 26.0 Å². The van der Waals surface area contributed by atoms with E-state index in [9.17, 15) is 19.5 Å². The van der Waals surface area contributed by atoms with Gasteiger partial charge in [-0.05, 0) is 24.1 Å². The third kappa shape index (κ3) is 7.91. The van der Waals surface area contributed by atoms with Crippen LogP contribution >= 0.6 is 0 Å². The van der Waals surface area contributed by atoms with Gasteiger partial charge in [0.15, 0.2) is 11.5 Å². The smallest absolute Gasteiger partial charge is 0.408 e. The molecule has 0 saturated carbocycles. The third-order valence-corrected chi connectivity index (χ3v) is 4.92. The number of carboxylic acid groups (broad SMARTS) is 1. The van der Waals surface area contributed by atoms with Crippen molar-refractivity contribution in [3.63, 3.8) is 0 Å². The minimum absolute atomic E-state index is 0.0305. The summed E-state index contributed by atoms with van der Waals surface area (Å²) in [6.07, 6.45) is -0.272. The molecule has 1 aliphatic rings. The summed E-state index contributed by atoms with van der Waals surface area (Å²) in [6, 6.07) is 10.2. The average Bonchev–Trinajstić information content (AvgIpc) is 3.54. The van der Waals surface area contributed by atoms with E-state index in [4.69, 9.17) is 14.0 Å². The van der Waals surface area contributed by atoms with Crippen molar-refractivity contribution in [2.75, 3.05) is 32.8 Å². The first kappa shape index (κ1) is 25.3. The standard InChI is InChI=1S/C22H28N6O7/c1-22(19(30)31,27-21(32)34-13-15-6-3-2-4-7-15)14-26-18(29)16-12-17(28-35-16)33-11-5-8-23-20-24-9-10-25-20/h2-4,6-7,12H,5,8-11,13-14H2,1H3,(H,26,29)(H,27,32)(H,30,31)(H2,23,24,25)/t22-/m0/s1. The lowest BCUT2D eigenvalue weighted by atomic mass is 10.0. The highest BCUT2D eigenvalue weighted by atomic mass is 16.6. The summed E-state index contributed by atoms with van der Waals surface area (Å²) in [5, 5.41) is 24.1. The van der Waals surface area contributed by atoms with Gasteiger partial charge in [0.25, 0.3) is 11.8 Å². The molecule has 1 aliphatic heterocycles. The first-order valence-corrected chi connectivity index (χ1v) is 11.0. The molecule has 2 aromatic rings. The van der Waals surface area contributed by atoms with Gasteiger partial charge in [-0.15, -0.1) is 0 Å². The maximum atomic E-state index is 12.4. The van der Waals surface area contributed by atoms with Crippen molar-refractivity contribution in [3.8, 4) is 5.88 Å². The molecule has 35 heavy (non-hydrogen) atoms. The summed E-state index contributed by atoms with van der Waals surface area (Å²) < 4.78 is 15.5. The SMILES string of the molecule is C[C@@](CNC(=O)c1cc(OCCCNC2=NCCN2)no1)(NC(=O)OCc1ccccc1)C(=O)O. The number of amides is 2. The van der Waals surface area contributed by atoms with E-state index in [1.807, 2.05) is 6.07 Å². The third-order valence-electron chi connectivity index (χ3n) is 4.92. The van der Waals surface area contributed by atoms with Gasteiger partial charge in [0.1, 0.15) is 6.61 Å². The number of aliphatic carboxylic acids is 1. The van der Waals surface area contributed by atoms with Gasteiger partial charge in [0, 0.05) is 13.1 Å². The van der Waals surface area contributed by atoms with Crippen LogP contribution in [0.15, 0.2) is 45.9 Å². The molecule has 188 valence electrons. The molecule has 0 fully saturated rings. The number of aromatic nitrogens is 1. The van der Waals surface area contributed by atoms with Gasteiger partial charge < -0.3 is 40.4 Å². The van der Waals surface area contributed by atoms with Gasteiger partial charge in [-0.25, -0.2) is 9.59 Å². The van der Waals surface area contributed by atoms with Crippen molar-refractivity contribution in [1.29, 1.82) is 0 Å². The van der Waals surface area contributed by atoms with Gasteiger partial charge in [-0.2, -0.15) is 0 Å². The molecular weight excluding hydrogens is 460 g/mol. The quantitative estimate of drug-likeness (QED) is 0.264. The number of carbonyl (C=O) groups is 3. The normalized spacial score (nSPS) is 14.1. The van der Waals surface area contributed by atoms with Crippen LogP contribution in [0.25, 0.3) is 0 Å². The lowest BCUT2D eigenvalue weighted by Gasteiger charge is -2.25. The molecule has 13 heteroatoms. The van der Waals surface area contributed by atoms with Crippen molar-refractivity contribution in [2.24, 2.45) is 4.99 Å². The fourth-order valence-electron chi connectivity index (χ4n) is 2.91. The van der Waals surface area contributed by atoms with Gasteiger partial charge in [0.05, 0.1) is 25.8 Å². The molecular formula is C22H28N6O7. The molecule has 0 unspecified atom stereocenters. The fourth-order valence-corrected chi connectivity index (χ4v) is 2.91. The molecule has 0 spiro atoms. The number of nitrogens with one attached hydrogen (secondary N) is 4. The van der Waals surface area contributed by atoms with Gasteiger partial charge in [0.2, 0.25) is 5.76 Å². The Hall–Kier alpha value is -4.29. The van der Waals surface area contributed by atoms with Gasteiger partial charge in [-0.1, -0.05) is 30.3 Å². The predicted octanol–water partition coefficient (Wildman–Crippen LogP) is 0.492. The Morgan fingerprint density at radius 1 is 1.26 bits per heavy atom. The zero-order valence-electron chi connectivity index (χ0n) is 19.2. The molecule has 13 nitrogen and oxygen atoms in total. The minimum atomic E-state index is -1.83. The van der Waals surface area contributed by atoms with E-state index in [1.54, 1.807) is 24.3 Å². The van der Waals surface area contributed by atoms with Crippen LogP contribution in [0.3, 0.4) is 0 Å². The lowest BCUT2D eigenvalue weighted by Crippen LogP contribution is -2.58. The van der Waals surface area contributed by atoms with E-state index in [-0.39, 0.29) is 18.2 Å². The predicted molar refractivity (Wildman–Crippen MR) is 123 cm³/mol. The zero-order chi connectivity index (χ0) is 25.1. The molecule has 5 N–H and O–H groups in total. The second kappa shape index (κ2) is 12.3. The van der Waals surface area contributed by atoms with E-state index in [0.29, 0.717) is 19.6 Å². The number of guanidine groups is 1.